The Morgan fingerprint density at radius 3 is 2.17 bits per heavy atom. The van der Waals surface area contributed by atoms with Crippen molar-refractivity contribution >= 4 is 23.5 Å². The van der Waals surface area contributed by atoms with Crippen LogP contribution in [0.5, 0.6) is 0 Å². The molecule has 3 N–H and O–H groups in total. The van der Waals surface area contributed by atoms with Gasteiger partial charge in [0, 0.05) is 5.25 Å². The zero-order chi connectivity index (χ0) is 9.30. The molecule has 1 saturated heterocycles. The molecule has 0 aliphatic carbocycles. The van der Waals surface area contributed by atoms with Gasteiger partial charge in [0.1, 0.15) is 12.2 Å². The molecule has 5 unspecified atom stereocenters. The van der Waals surface area contributed by atoms with Crippen LogP contribution >= 0.6 is 23.5 Å². The first-order valence-corrected chi connectivity index (χ1v) is 6.03. The summed E-state index contributed by atoms with van der Waals surface area (Å²) >= 11 is 3.01. The maximum Gasteiger partial charge on any atom is 0.109 e. The molecule has 1 aliphatic rings. The lowest BCUT2D eigenvalue weighted by Gasteiger charge is -2.37. The lowest BCUT2D eigenvalue weighted by atomic mass is 10.1. The molecule has 1 aliphatic heterocycles. The predicted molar refractivity (Wildman–Crippen MR) is 52.4 cm³/mol. The molecule has 1 fully saturated rings. The van der Waals surface area contributed by atoms with Gasteiger partial charge < -0.3 is 15.3 Å². The summed E-state index contributed by atoms with van der Waals surface area (Å²) < 4.78 is -0.0293. The van der Waals surface area contributed by atoms with E-state index in [2.05, 4.69) is 0 Å². The fourth-order valence-corrected chi connectivity index (χ4v) is 3.69. The SMILES string of the molecule is CSC1SC(C)C(O)C(O)C1O. The van der Waals surface area contributed by atoms with Crippen LogP contribution in [0.15, 0.2) is 0 Å². The number of aliphatic hydroxyl groups excluding tert-OH is 3. The molecule has 0 aromatic carbocycles. The number of hydrogen-bond donors (Lipinski definition) is 3. The van der Waals surface area contributed by atoms with E-state index in [0.717, 1.165) is 0 Å². The first-order chi connectivity index (χ1) is 5.57. The van der Waals surface area contributed by atoms with Gasteiger partial charge in [0.05, 0.1) is 10.7 Å². The quantitative estimate of drug-likeness (QED) is 0.564. The van der Waals surface area contributed by atoms with E-state index in [1.165, 1.54) is 23.5 Å². The molecule has 0 radical (unpaired) electrons. The Labute approximate surface area is 80.6 Å². The molecule has 0 amide bonds. The van der Waals surface area contributed by atoms with Gasteiger partial charge in [0.2, 0.25) is 0 Å². The smallest absolute Gasteiger partial charge is 0.109 e. The summed E-state index contributed by atoms with van der Waals surface area (Å²) in [6.45, 7) is 1.85. The number of aliphatic hydroxyl groups is 3. The highest BCUT2D eigenvalue weighted by atomic mass is 32.2. The third-order valence-electron chi connectivity index (χ3n) is 2.04. The Morgan fingerprint density at radius 1 is 1.08 bits per heavy atom. The highest BCUT2D eigenvalue weighted by Gasteiger charge is 2.40. The third kappa shape index (κ3) is 1.90. The largest absolute Gasteiger partial charge is 0.389 e. The normalized spacial score (nSPS) is 49.2. The molecule has 0 spiro atoms. The molecule has 5 atom stereocenters. The highest BCUT2D eigenvalue weighted by Crippen LogP contribution is 2.37. The van der Waals surface area contributed by atoms with Crippen LogP contribution in [0.3, 0.4) is 0 Å². The maximum absolute atomic E-state index is 9.47. The molecular formula is C7H14O3S2. The van der Waals surface area contributed by atoms with Crippen molar-refractivity contribution in [2.75, 3.05) is 6.26 Å². The first-order valence-electron chi connectivity index (χ1n) is 3.80. The van der Waals surface area contributed by atoms with Crippen LogP contribution in [0.1, 0.15) is 6.92 Å². The van der Waals surface area contributed by atoms with E-state index in [0.29, 0.717) is 0 Å². The van der Waals surface area contributed by atoms with Gasteiger partial charge in [-0.25, -0.2) is 0 Å². The van der Waals surface area contributed by atoms with E-state index in [4.69, 9.17) is 0 Å². The summed E-state index contributed by atoms with van der Waals surface area (Å²) in [5.41, 5.74) is 0. The van der Waals surface area contributed by atoms with Gasteiger partial charge in [0.25, 0.3) is 0 Å². The number of thioether (sulfide) groups is 2. The van der Waals surface area contributed by atoms with Crippen LogP contribution in [-0.2, 0) is 0 Å². The second-order valence-electron chi connectivity index (χ2n) is 2.92. The summed E-state index contributed by atoms with van der Waals surface area (Å²) in [6, 6.07) is 0. The monoisotopic (exact) mass is 210 g/mol. The average molecular weight is 210 g/mol. The van der Waals surface area contributed by atoms with Crippen molar-refractivity contribution in [1.82, 2.24) is 0 Å². The summed E-state index contributed by atoms with van der Waals surface area (Å²) in [6.07, 6.45) is -0.749. The molecular weight excluding hydrogens is 196 g/mol. The topological polar surface area (TPSA) is 60.7 Å². The van der Waals surface area contributed by atoms with E-state index < -0.39 is 18.3 Å². The van der Waals surface area contributed by atoms with Crippen molar-refractivity contribution in [3.05, 3.63) is 0 Å². The van der Waals surface area contributed by atoms with Gasteiger partial charge in [-0.3, -0.25) is 0 Å². The summed E-state index contributed by atoms with van der Waals surface area (Å²) in [5, 5.41) is 28.2. The second-order valence-corrected chi connectivity index (χ2v) is 5.72. The lowest BCUT2D eigenvalue weighted by molar-refractivity contribution is -0.0564. The number of rotatable bonds is 1. The van der Waals surface area contributed by atoms with Crippen LogP contribution in [0.2, 0.25) is 0 Å². The summed E-state index contributed by atoms with van der Waals surface area (Å²) in [4.78, 5) is 0. The molecule has 12 heavy (non-hydrogen) atoms. The minimum atomic E-state index is -1.00. The molecule has 0 aromatic rings. The zero-order valence-electron chi connectivity index (χ0n) is 7.04. The first kappa shape index (κ1) is 10.7. The number of hydrogen-bond acceptors (Lipinski definition) is 5. The molecule has 0 bridgehead atoms. The summed E-state index contributed by atoms with van der Waals surface area (Å²) in [7, 11) is 0. The van der Waals surface area contributed by atoms with E-state index in [1.807, 2.05) is 13.2 Å². The van der Waals surface area contributed by atoms with Gasteiger partial charge in [-0.1, -0.05) is 6.92 Å². The molecule has 0 saturated carbocycles. The highest BCUT2D eigenvalue weighted by molar-refractivity contribution is 8.17. The summed E-state index contributed by atoms with van der Waals surface area (Å²) in [5.74, 6) is 0. The Hall–Kier alpha value is 0.580. The maximum atomic E-state index is 9.47. The Bertz CT molecular complexity index is 151. The molecule has 1 heterocycles. The fraction of sp³-hybridized carbons (Fsp3) is 1.00. The van der Waals surface area contributed by atoms with Gasteiger partial charge in [-0.2, -0.15) is 0 Å². The van der Waals surface area contributed by atoms with Crippen LogP contribution in [0, 0.1) is 0 Å². The van der Waals surface area contributed by atoms with Crippen molar-refractivity contribution in [2.24, 2.45) is 0 Å². The van der Waals surface area contributed by atoms with E-state index in [9.17, 15) is 15.3 Å². The van der Waals surface area contributed by atoms with Crippen molar-refractivity contribution in [3.63, 3.8) is 0 Å². The van der Waals surface area contributed by atoms with Crippen LogP contribution in [0.4, 0.5) is 0 Å². The fourth-order valence-electron chi connectivity index (χ4n) is 1.21. The van der Waals surface area contributed by atoms with Crippen molar-refractivity contribution in [1.29, 1.82) is 0 Å². The van der Waals surface area contributed by atoms with Crippen LogP contribution in [-0.4, -0.2) is 49.7 Å². The minimum Gasteiger partial charge on any atom is -0.389 e. The third-order valence-corrected chi connectivity index (χ3v) is 4.95. The van der Waals surface area contributed by atoms with Crippen molar-refractivity contribution in [3.8, 4) is 0 Å². The van der Waals surface area contributed by atoms with Gasteiger partial charge in [0.15, 0.2) is 0 Å². The average Bonchev–Trinajstić information content (AvgIpc) is 2.08. The predicted octanol–water partition coefficient (Wildman–Crippen LogP) is -0.107. The van der Waals surface area contributed by atoms with Gasteiger partial charge in [-0.15, -0.1) is 23.5 Å². The van der Waals surface area contributed by atoms with E-state index in [-0.39, 0.29) is 9.83 Å². The minimum absolute atomic E-state index is 0.0131. The molecule has 3 nitrogen and oxygen atoms in total. The van der Waals surface area contributed by atoms with Crippen LogP contribution in [0.25, 0.3) is 0 Å². The van der Waals surface area contributed by atoms with Gasteiger partial charge in [-0.05, 0) is 6.26 Å². The Kier molecular flexibility index (Phi) is 3.73. The van der Waals surface area contributed by atoms with Crippen LogP contribution < -0.4 is 0 Å². The standard InChI is InChI=1S/C7H14O3S2/c1-3-4(8)5(9)6(10)7(11-2)12-3/h3-10H,1-2H3. The second kappa shape index (κ2) is 4.19. The molecule has 72 valence electrons. The van der Waals surface area contributed by atoms with Crippen molar-refractivity contribution in [2.45, 2.75) is 35.1 Å². The Morgan fingerprint density at radius 2 is 1.67 bits per heavy atom. The van der Waals surface area contributed by atoms with Gasteiger partial charge >= 0.3 is 0 Å². The van der Waals surface area contributed by atoms with Crippen molar-refractivity contribution < 1.29 is 15.3 Å². The lowest BCUT2D eigenvalue weighted by Crippen LogP contribution is -2.51. The van der Waals surface area contributed by atoms with E-state index >= 15 is 0 Å². The molecule has 5 heteroatoms. The van der Waals surface area contributed by atoms with E-state index in [1.54, 1.807) is 0 Å². The molecule has 1 rings (SSSR count). The Balaban J connectivity index is 2.63. The molecule has 0 aromatic heterocycles. The zero-order valence-corrected chi connectivity index (χ0v) is 8.68.